The van der Waals surface area contributed by atoms with E-state index in [-0.39, 0.29) is 17.7 Å². The largest absolute Gasteiger partial charge is 0.362 e. The van der Waals surface area contributed by atoms with Crippen LogP contribution in [0, 0.1) is 0 Å². The van der Waals surface area contributed by atoms with E-state index in [1.54, 1.807) is 12.1 Å². The fourth-order valence-electron chi connectivity index (χ4n) is 2.90. The van der Waals surface area contributed by atoms with Gasteiger partial charge in [0.15, 0.2) is 6.10 Å². The fraction of sp³-hybridized carbons (Fsp3) is 0.167. The second-order valence-electron chi connectivity index (χ2n) is 5.63. The summed E-state index contributed by atoms with van der Waals surface area (Å²) in [4.78, 5) is 41.8. The summed E-state index contributed by atoms with van der Waals surface area (Å²) in [6, 6.07) is 14.0. The Morgan fingerprint density at radius 1 is 0.958 bits per heavy atom. The Kier molecular flexibility index (Phi) is 3.39. The Hall–Kier alpha value is -2.99. The third-order valence-corrected chi connectivity index (χ3v) is 4.16. The lowest BCUT2D eigenvalue weighted by Gasteiger charge is -2.24. The van der Waals surface area contributed by atoms with Crippen LogP contribution < -0.4 is 0 Å². The van der Waals surface area contributed by atoms with Crippen molar-refractivity contribution >= 4 is 17.8 Å². The van der Waals surface area contributed by atoms with Gasteiger partial charge in [0.25, 0.3) is 11.8 Å². The van der Waals surface area contributed by atoms with E-state index >= 15 is 0 Å². The number of ether oxygens (including phenoxy) is 1. The quantitative estimate of drug-likeness (QED) is 0.789. The summed E-state index contributed by atoms with van der Waals surface area (Å²) in [5, 5.41) is 0.511. The van der Waals surface area contributed by atoms with E-state index in [9.17, 15) is 14.4 Å². The summed E-state index contributed by atoms with van der Waals surface area (Å²) in [6.45, 7) is 0.290. The number of hydrogen-bond donors (Lipinski definition) is 0. The van der Waals surface area contributed by atoms with Gasteiger partial charge in [0.2, 0.25) is 0 Å². The second kappa shape index (κ2) is 5.58. The molecule has 0 saturated carbocycles. The van der Waals surface area contributed by atoms with E-state index in [2.05, 4.69) is 0 Å². The highest BCUT2D eigenvalue weighted by atomic mass is 16.7. The number of imide groups is 1. The molecule has 2 aliphatic heterocycles. The van der Waals surface area contributed by atoms with E-state index in [4.69, 9.17) is 9.57 Å². The molecule has 0 radical (unpaired) electrons. The molecule has 6 nitrogen and oxygen atoms in total. The first-order valence-electron chi connectivity index (χ1n) is 7.53. The highest BCUT2D eigenvalue weighted by Crippen LogP contribution is 2.25. The lowest BCUT2D eigenvalue weighted by Crippen LogP contribution is -2.39. The van der Waals surface area contributed by atoms with Gasteiger partial charge in [-0.25, -0.2) is 4.79 Å². The van der Waals surface area contributed by atoms with Gasteiger partial charge < -0.3 is 9.57 Å². The first-order valence-corrected chi connectivity index (χ1v) is 7.53. The molecule has 0 fully saturated rings. The number of benzene rings is 2. The molecule has 0 saturated heterocycles. The van der Waals surface area contributed by atoms with Crippen LogP contribution in [-0.4, -0.2) is 29.0 Å². The van der Waals surface area contributed by atoms with Crippen molar-refractivity contribution in [1.29, 1.82) is 0 Å². The van der Waals surface area contributed by atoms with E-state index in [0.29, 0.717) is 11.5 Å². The second-order valence-corrected chi connectivity index (χ2v) is 5.63. The van der Waals surface area contributed by atoms with Crippen molar-refractivity contribution in [2.45, 2.75) is 19.1 Å². The van der Waals surface area contributed by atoms with Gasteiger partial charge in [0.1, 0.15) is 0 Å². The van der Waals surface area contributed by atoms with Crippen molar-refractivity contribution in [3.63, 3.8) is 0 Å². The topological polar surface area (TPSA) is 72.9 Å². The highest BCUT2D eigenvalue weighted by molar-refractivity contribution is 6.20. The van der Waals surface area contributed by atoms with Crippen LogP contribution in [0.1, 0.15) is 31.8 Å². The summed E-state index contributed by atoms with van der Waals surface area (Å²) in [5.41, 5.74) is 2.46. The molecule has 2 heterocycles. The number of hydrogen-bond acceptors (Lipinski definition) is 5. The molecule has 24 heavy (non-hydrogen) atoms. The van der Waals surface area contributed by atoms with Crippen molar-refractivity contribution in [1.82, 2.24) is 5.06 Å². The van der Waals surface area contributed by atoms with E-state index < -0.39 is 23.9 Å². The van der Waals surface area contributed by atoms with Crippen LogP contribution in [0.4, 0.5) is 0 Å². The van der Waals surface area contributed by atoms with E-state index in [0.717, 1.165) is 11.1 Å². The zero-order chi connectivity index (χ0) is 16.7. The molecule has 0 N–H and O–H groups in total. The van der Waals surface area contributed by atoms with Crippen LogP contribution >= 0.6 is 0 Å². The van der Waals surface area contributed by atoms with Crippen molar-refractivity contribution in [3.8, 4) is 0 Å². The molecule has 4 rings (SSSR count). The van der Waals surface area contributed by atoms with Crippen LogP contribution in [0.15, 0.2) is 48.5 Å². The first kappa shape index (κ1) is 14.6. The van der Waals surface area contributed by atoms with Crippen molar-refractivity contribution < 1.29 is 24.0 Å². The van der Waals surface area contributed by atoms with Gasteiger partial charge in [-0.3, -0.25) is 9.59 Å². The summed E-state index contributed by atoms with van der Waals surface area (Å²) in [6.07, 6.45) is -0.498. The average Bonchev–Trinajstić information content (AvgIpc) is 2.86. The number of hydroxylamine groups is 2. The monoisotopic (exact) mass is 323 g/mol. The van der Waals surface area contributed by atoms with Crippen LogP contribution in [-0.2, 0) is 27.4 Å². The first-order chi connectivity index (χ1) is 11.6. The minimum absolute atomic E-state index is 0.227. The van der Waals surface area contributed by atoms with Crippen LogP contribution in [0.5, 0.6) is 0 Å². The van der Waals surface area contributed by atoms with Gasteiger partial charge in [-0.1, -0.05) is 41.5 Å². The van der Waals surface area contributed by atoms with E-state index in [1.165, 1.54) is 12.1 Å². The SMILES string of the molecule is O=C(ON1C(=O)c2ccccc2C1=O)C1Cc2ccccc2CO1. The molecular formula is C18H13NO5. The molecule has 2 aliphatic rings. The third kappa shape index (κ3) is 2.28. The standard InChI is InChI=1S/C18H13NO5/c20-16-13-7-3-4-8-14(13)17(21)19(16)24-18(22)15-9-11-5-1-2-6-12(11)10-23-15/h1-8,15H,9-10H2. The number of rotatable bonds is 2. The molecule has 6 heteroatoms. The Morgan fingerprint density at radius 2 is 1.54 bits per heavy atom. The summed E-state index contributed by atoms with van der Waals surface area (Å²) >= 11 is 0. The number of carbonyl (C=O) groups excluding carboxylic acids is 3. The maximum Gasteiger partial charge on any atom is 0.362 e. The molecule has 1 unspecified atom stereocenters. The number of carbonyl (C=O) groups is 3. The van der Waals surface area contributed by atoms with Gasteiger partial charge in [-0.15, -0.1) is 0 Å². The molecule has 0 spiro atoms. The smallest absolute Gasteiger partial charge is 0.361 e. The summed E-state index contributed by atoms with van der Waals surface area (Å²) < 4.78 is 5.50. The van der Waals surface area contributed by atoms with Gasteiger partial charge >= 0.3 is 5.97 Å². The molecule has 1 atom stereocenters. The highest BCUT2D eigenvalue weighted by Gasteiger charge is 2.40. The minimum atomic E-state index is -0.843. The Balaban J connectivity index is 1.50. The van der Waals surface area contributed by atoms with Crippen molar-refractivity contribution in [3.05, 3.63) is 70.8 Å². The lowest BCUT2D eigenvalue weighted by molar-refractivity contribution is -0.183. The average molecular weight is 323 g/mol. The molecule has 0 bridgehead atoms. The van der Waals surface area contributed by atoms with E-state index in [1.807, 2.05) is 24.3 Å². The lowest BCUT2D eigenvalue weighted by atomic mass is 9.99. The molecule has 0 aliphatic carbocycles. The van der Waals surface area contributed by atoms with Crippen molar-refractivity contribution in [2.75, 3.05) is 0 Å². The normalized spacial score (nSPS) is 19.0. The maximum atomic E-state index is 12.3. The van der Waals surface area contributed by atoms with Gasteiger partial charge in [0.05, 0.1) is 17.7 Å². The summed E-state index contributed by atoms with van der Waals surface area (Å²) in [5.74, 6) is -2.03. The molecule has 2 aromatic rings. The molecule has 2 amide bonds. The van der Waals surface area contributed by atoms with Gasteiger partial charge in [-0.2, -0.15) is 0 Å². The predicted molar refractivity (Wildman–Crippen MR) is 81.8 cm³/mol. The number of fused-ring (bicyclic) bond motifs is 2. The Morgan fingerprint density at radius 3 is 2.21 bits per heavy atom. The van der Waals surface area contributed by atoms with Crippen LogP contribution in [0.3, 0.4) is 0 Å². The fourth-order valence-corrected chi connectivity index (χ4v) is 2.90. The maximum absolute atomic E-state index is 12.3. The molecule has 120 valence electrons. The Labute approximate surface area is 137 Å². The minimum Gasteiger partial charge on any atom is -0.361 e. The van der Waals surface area contributed by atoms with Crippen molar-refractivity contribution in [2.24, 2.45) is 0 Å². The van der Waals surface area contributed by atoms with Gasteiger partial charge in [0, 0.05) is 6.42 Å². The molecule has 2 aromatic carbocycles. The number of nitrogens with zero attached hydrogens (tertiary/aromatic N) is 1. The Bertz CT molecular complexity index is 825. The molecule has 0 aromatic heterocycles. The van der Waals surface area contributed by atoms with Crippen LogP contribution in [0.2, 0.25) is 0 Å². The zero-order valence-corrected chi connectivity index (χ0v) is 12.6. The van der Waals surface area contributed by atoms with Gasteiger partial charge in [-0.05, 0) is 23.3 Å². The molecular weight excluding hydrogens is 310 g/mol. The third-order valence-electron chi connectivity index (χ3n) is 4.16. The predicted octanol–water partition coefficient (Wildman–Crippen LogP) is 1.88. The zero-order valence-electron chi connectivity index (χ0n) is 12.6. The van der Waals surface area contributed by atoms with Crippen LogP contribution in [0.25, 0.3) is 0 Å². The number of amides is 2. The summed E-state index contributed by atoms with van der Waals surface area (Å²) in [7, 11) is 0.